The number of nitro benzene ring substituents is 1. The molecule has 0 saturated heterocycles. The molecular formula is C20H18F3N5O5. The van der Waals surface area contributed by atoms with Crippen molar-refractivity contribution in [2.75, 3.05) is 18.4 Å². The zero-order valence-corrected chi connectivity index (χ0v) is 17.2. The van der Waals surface area contributed by atoms with E-state index in [4.69, 9.17) is 0 Å². The van der Waals surface area contributed by atoms with Crippen LogP contribution in [-0.2, 0) is 12.7 Å². The third kappa shape index (κ3) is 5.02. The number of aromatic nitrogens is 2. The minimum atomic E-state index is -4.72. The number of nitrogens with one attached hydrogen (secondary N) is 3. The number of amides is 1. The molecule has 0 saturated carbocycles. The number of anilines is 1. The van der Waals surface area contributed by atoms with Crippen molar-refractivity contribution in [3.63, 3.8) is 0 Å². The van der Waals surface area contributed by atoms with Gasteiger partial charge in [0.15, 0.2) is 0 Å². The van der Waals surface area contributed by atoms with Crippen LogP contribution in [0.1, 0.15) is 22.8 Å². The van der Waals surface area contributed by atoms with Crippen molar-refractivity contribution in [2.24, 2.45) is 0 Å². The monoisotopic (exact) mass is 465 g/mol. The topological polar surface area (TPSA) is 139 Å². The second kappa shape index (κ2) is 9.14. The second-order valence-electron chi connectivity index (χ2n) is 6.90. The highest BCUT2D eigenvalue weighted by Gasteiger charge is 2.33. The van der Waals surface area contributed by atoms with Gasteiger partial charge in [-0.3, -0.25) is 24.5 Å². The van der Waals surface area contributed by atoms with Gasteiger partial charge in [-0.1, -0.05) is 0 Å². The molecule has 2 aromatic carbocycles. The molecule has 0 aliphatic rings. The number of nitro groups is 1. The fourth-order valence-electron chi connectivity index (χ4n) is 3.22. The number of alkyl halides is 3. The Kier molecular flexibility index (Phi) is 6.51. The van der Waals surface area contributed by atoms with E-state index in [0.717, 1.165) is 12.1 Å². The Morgan fingerprint density at radius 2 is 1.88 bits per heavy atom. The molecule has 0 aliphatic carbocycles. The van der Waals surface area contributed by atoms with E-state index in [1.807, 2.05) is 0 Å². The smallest absolute Gasteiger partial charge is 0.378 e. The molecule has 0 unspecified atom stereocenters. The minimum absolute atomic E-state index is 0.0000245. The summed E-state index contributed by atoms with van der Waals surface area (Å²) in [6.07, 6.45) is -4.72. The first kappa shape index (κ1) is 23.5. The van der Waals surface area contributed by atoms with Gasteiger partial charge >= 0.3 is 17.3 Å². The quantitative estimate of drug-likeness (QED) is 0.212. The molecule has 1 heterocycles. The van der Waals surface area contributed by atoms with Crippen molar-refractivity contribution in [3.8, 4) is 0 Å². The summed E-state index contributed by atoms with van der Waals surface area (Å²) >= 11 is 0. The van der Waals surface area contributed by atoms with Crippen molar-refractivity contribution in [1.82, 2.24) is 14.9 Å². The number of rotatable bonds is 7. The van der Waals surface area contributed by atoms with Crippen LogP contribution in [0.15, 0.2) is 46.0 Å². The number of fused-ring (bicyclic) bond motifs is 1. The van der Waals surface area contributed by atoms with Gasteiger partial charge in [0.2, 0.25) is 0 Å². The number of hydrogen-bond donors (Lipinski definition) is 3. The van der Waals surface area contributed by atoms with Gasteiger partial charge in [-0.05, 0) is 37.3 Å². The van der Waals surface area contributed by atoms with Crippen LogP contribution in [-0.4, -0.2) is 33.5 Å². The molecule has 0 fully saturated rings. The molecule has 174 valence electrons. The van der Waals surface area contributed by atoms with Crippen molar-refractivity contribution in [1.29, 1.82) is 0 Å². The number of carbonyl (C=O) groups excluding carboxylic acids is 1. The van der Waals surface area contributed by atoms with E-state index in [1.165, 1.54) is 22.8 Å². The lowest BCUT2D eigenvalue weighted by Gasteiger charge is -2.12. The Labute approximate surface area is 183 Å². The van der Waals surface area contributed by atoms with Crippen LogP contribution >= 0.6 is 0 Å². The summed E-state index contributed by atoms with van der Waals surface area (Å²) in [7, 11) is 0. The van der Waals surface area contributed by atoms with Gasteiger partial charge in [-0.25, -0.2) is 0 Å². The van der Waals surface area contributed by atoms with Crippen molar-refractivity contribution in [2.45, 2.75) is 19.6 Å². The molecule has 13 heteroatoms. The maximum atomic E-state index is 12.8. The third-order valence-corrected chi connectivity index (χ3v) is 4.80. The van der Waals surface area contributed by atoms with Crippen LogP contribution in [0.4, 0.5) is 24.5 Å². The maximum Gasteiger partial charge on any atom is 0.416 e. The van der Waals surface area contributed by atoms with Crippen LogP contribution in [0.5, 0.6) is 0 Å². The lowest BCUT2D eigenvalue weighted by molar-refractivity contribution is -0.384. The highest BCUT2D eigenvalue weighted by molar-refractivity contribution is 5.97. The van der Waals surface area contributed by atoms with Crippen LogP contribution < -0.4 is 21.8 Å². The summed E-state index contributed by atoms with van der Waals surface area (Å²) < 4.78 is 39.6. The molecule has 3 N–H and O–H groups in total. The van der Waals surface area contributed by atoms with Gasteiger partial charge in [0, 0.05) is 31.3 Å². The molecule has 33 heavy (non-hydrogen) atoms. The summed E-state index contributed by atoms with van der Waals surface area (Å²) in [5, 5.41) is 16.3. The highest BCUT2D eigenvalue weighted by Crippen LogP contribution is 2.34. The Balaban J connectivity index is 1.68. The van der Waals surface area contributed by atoms with Gasteiger partial charge in [-0.15, -0.1) is 0 Å². The van der Waals surface area contributed by atoms with Crippen molar-refractivity contribution >= 4 is 28.3 Å². The van der Waals surface area contributed by atoms with E-state index in [1.54, 1.807) is 6.92 Å². The van der Waals surface area contributed by atoms with Crippen LogP contribution in [0.2, 0.25) is 0 Å². The number of nitrogens with zero attached hydrogens (tertiary/aromatic N) is 2. The maximum absolute atomic E-state index is 12.8. The third-order valence-electron chi connectivity index (χ3n) is 4.80. The van der Waals surface area contributed by atoms with Crippen molar-refractivity contribution in [3.05, 3.63) is 78.3 Å². The average Bonchev–Trinajstić information content (AvgIpc) is 2.76. The number of carbonyl (C=O) groups is 1. The number of aromatic amines is 1. The highest BCUT2D eigenvalue weighted by atomic mass is 19.4. The van der Waals surface area contributed by atoms with Crippen LogP contribution in [0, 0.1) is 10.1 Å². The predicted molar refractivity (Wildman–Crippen MR) is 113 cm³/mol. The molecule has 0 atom stereocenters. The molecule has 1 aromatic heterocycles. The minimum Gasteiger partial charge on any atom is -0.378 e. The number of hydrogen-bond acceptors (Lipinski definition) is 6. The molecule has 3 rings (SSSR count). The standard InChI is InChI=1S/C20H18F3N5O5/c1-2-27-15-6-3-11(9-14(15)26-18(30)19(27)31)17(29)25-8-7-24-13-5-4-12(20(21,22)23)10-16(13)28(32)33/h3-6,9-10,24H,2,7-8H2,1H3,(H,25,29)(H,26,30). The zero-order valence-electron chi connectivity index (χ0n) is 17.2. The lowest BCUT2D eigenvalue weighted by atomic mass is 10.1. The van der Waals surface area contributed by atoms with Gasteiger partial charge in [0.1, 0.15) is 5.69 Å². The number of halogens is 3. The molecule has 10 nitrogen and oxygen atoms in total. The first-order valence-electron chi connectivity index (χ1n) is 9.67. The number of H-pyrrole nitrogens is 1. The average molecular weight is 465 g/mol. The fraction of sp³-hybridized carbons (Fsp3) is 0.250. The van der Waals surface area contributed by atoms with Crippen molar-refractivity contribution < 1.29 is 22.9 Å². The molecule has 0 aliphatic heterocycles. The summed E-state index contributed by atoms with van der Waals surface area (Å²) in [5.41, 5.74) is -2.58. The zero-order chi connectivity index (χ0) is 24.3. The van der Waals surface area contributed by atoms with E-state index in [2.05, 4.69) is 15.6 Å². The molecule has 0 bridgehead atoms. The molecule has 0 spiro atoms. The van der Waals surface area contributed by atoms with E-state index in [9.17, 15) is 37.7 Å². The molecule has 1 amide bonds. The van der Waals surface area contributed by atoms with E-state index >= 15 is 0 Å². The summed E-state index contributed by atoms with van der Waals surface area (Å²) in [4.78, 5) is 48.7. The van der Waals surface area contributed by atoms with Crippen LogP contribution in [0.3, 0.4) is 0 Å². The Hall–Kier alpha value is -4.16. The molecule has 0 radical (unpaired) electrons. The summed E-state index contributed by atoms with van der Waals surface area (Å²) in [6.45, 7) is 1.97. The van der Waals surface area contributed by atoms with Crippen LogP contribution in [0.25, 0.3) is 11.0 Å². The van der Waals surface area contributed by atoms with E-state index in [-0.39, 0.29) is 30.9 Å². The summed E-state index contributed by atoms with van der Waals surface area (Å²) in [6, 6.07) is 6.51. The van der Waals surface area contributed by atoms with E-state index < -0.39 is 39.4 Å². The Bertz CT molecular complexity index is 1350. The predicted octanol–water partition coefficient (Wildman–Crippen LogP) is 2.48. The Morgan fingerprint density at radius 3 is 2.52 bits per heavy atom. The van der Waals surface area contributed by atoms with Gasteiger partial charge in [0.25, 0.3) is 11.6 Å². The second-order valence-corrected chi connectivity index (χ2v) is 6.90. The van der Waals surface area contributed by atoms with Gasteiger partial charge < -0.3 is 20.2 Å². The van der Waals surface area contributed by atoms with Gasteiger partial charge in [0.05, 0.1) is 21.5 Å². The first-order valence-corrected chi connectivity index (χ1v) is 9.67. The lowest BCUT2D eigenvalue weighted by Crippen LogP contribution is -2.36. The fourth-order valence-corrected chi connectivity index (χ4v) is 3.22. The molecule has 3 aromatic rings. The summed E-state index contributed by atoms with van der Waals surface area (Å²) in [5.74, 6) is -0.518. The Morgan fingerprint density at radius 1 is 1.15 bits per heavy atom. The normalized spacial score (nSPS) is 11.4. The SMILES string of the molecule is CCn1c(=O)c(=O)[nH]c2cc(C(=O)NCCNc3ccc(C(F)(F)F)cc3[N+](=O)[O-])ccc21. The number of aryl methyl sites for hydroxylation is 1. The largest absolute Gasteiger partial charge is 0.416 e. The molecular weight excluding hydrogens is 447 g/mol. The number of benzene rings is 2. The van der Waals surface area contributed by atoms with Gasteiger partial charge in [-0.2, -0.15) is 13.2 Å². The first-order chi connectivity index (χ1) is 15.5. The van der Waals surface area contributed by atoms with E-state index in [0.29, 0.717) is 17.1 Å².